The molecule has 0 spiro atoms. The molecule has 1 aliphatic rings. The van der Waals surface area contributed by atoms with Gasteiger partial charge in [-0.3, -0.25) is 33.7 Å². The van der Waals surface area contributed by atoms with Crippen LogP contribution in [0.5, 0.6) is 0 Å². The summed E-state index contributed by atoms with van der Waals surface area (Å²) in [6, 6.07) is 9.62. The van der Waals surface area contributed by atoms with Crippen molar-refractivity contribution in [3.63, 3.8) is 0 Å². The van der Waals surface area contributed by atoms with Crippen LogP contribution in [0.25, 0.3) is 0 Å². The number of urea groups is 1. The standard InChI is InChI=1S/C63H102N10O13.C2HF3O2/c1-17-40(8)53(48(84-15)36-49(74)73-33-22-26-47(73)54(85-16)41(9)55(75)68-46(60(80)81)35-43-23-19-18-20-24-43)72(14)59(79)51(38(4)5)69-58(78)52(39(6)7)71(13)34-31-42-27-29-44(30-28-42)66-56(76)45(25-21-32-65-61(64)82)67-57(77)50(37(2)3)70-62(83)86-63(10,11)12;3-2(4,5)1(6)7/h18-20,23-24,27-30,37-41,45-48,50-54H,17,21-22,25-26,31-36H2,1-16H3,(H,66,76)(H,67,77)(H,68,75)(H,69,78)(H,70,83)(H,80,81)(H3,64,65,82);(H,6,7)/t40-,41+,45-,46-,47-,48+,50-,51-,52-,53-,54+;/m0./s1. The molecular formula is C65H103F3N10O15. The van der Waals surface area contributed by atoms with Gasteiger partial charge in [0.2, 0.25) is 35.4 Å². The van der Waals surface area contributed by atoms with Crippen molar-refractivity contribution in [2.24, 2.45) is 35.3 Å². The van der Waals surface area contributed by atoms with E-state index in [1.165, 1.54) is 14.2 Å². The molecule has 1 saturated heterocycles. The van der Waals surface area contributed by atoms with Crippen LogP contribution in [-0.2, 0) is 65.4 Å². The van der Waals surface area contributed by atoms with Gasteiger partial charge in [0.25, 0.3) is 0 Å². The molecule has 3 rings (SSSR count). The molecule has 93 heavy (non-hydrogen) atoms. The number of carboxylic acids is 2. The van der Waals surface area contributed by atoms with Gasteiger partial charge in [0.15, 0.2) is 0 Å². The molecular weight excluding hydrogens is 1220 g/mol. The second-order valence-corrected chi connectivity index (χ2v) is 25.7. The van der Waals surface area contributed by atoms with E-state index in [0.717, 1.165) is 11.1 Å². The first-order valence-electron chi connectivity index (χ1n) is 31.5. The number of anilines is 1. The molecule has 2 aromatic rings. The van der Waals surface area contributed by atoms with Crippen molar-refractivity contribution in [1.82, 2.24) is 41.3 Å². The number of carboxylic acid groups (broad SMARTS) is 2. The molecule has 0 aliphatic carbocycles. The molecule has 11 atom stereocenters. The Kier molecular flexibility index (Phi) is 33.8. The number of amides is 9. The van der Waals surface area contributed by atoms with Gasteiger partial charge in [0.05, 0.1) is 42.7 Å². The van der Waals surface area contributed by atoms with Crippen LogP contribution in [0.15, 0.2) is 54.6 Å². The summed E-state index contributed by atoms with van der Waals surface area (Å²) < 4.78 is 49.1. The van der Waals surface area contributed by atoms with Gasteiger partial charge < -0.3 is 71.9 Å². The van der Waals surface area contributed by atoms with Crippen LogP contribution in [0.2, 0.25) is 0 Å². The highest BCUT2D eigenvalue weighted by Crippen LogP contribution is 2.30. The van der Waals surface area contributed by atoms with E-state index in [1.807, 2.05) is 71.7 Å². The largest absolute Gasteiger partial charge is 0.490 e. The van der Waals surface area contributed by atoms with Gasteiger partial charge in [0, 0.05) is 53.0 Å². The quantitative estimate of drug-likeness (QED) is 0.0357. The van der Waals surface area contributed by atoms with Crippen LogP contribution in [0.3, 0.4) is 0 Å². The van der Waals surface area contributed by atoms with Gasteiger partial charge in [-0.15, -0.1) is 0 Å². The van der Waals surface area contributed by atoms with Crippen LogP contribution in [0, 0.1) is 29.6 Å². The first-order valence-corrected chi connectivity index (χ1v) is 31.5. The second-order valence-electron chi connectivity index (χ2n) is 25.7. The number of alkyl halides is 3. The van der Waals surface area contributed by atoms with Crippen molar-refractivity contribution in [2.75, 3.05) is 53.3 Å². The molecule has 1 heterocycles. The predicted molar refractivity (Wildman–Crippen MR) is 343 cm³/mol. The summed E-state index contributed by atoms with van der Waals surface area (Å²) in [5.41, 5.74) is 6.56. The summed E-state index contributed by atoms with van der Waals surface area (Å²) >= 11 is 0. The van der Waals surface area contributed by atoms with Gasteiger partial charge in [-0.2, -0.15) is 13.2 Å². The summed E-state index contributed by atoms with van der Waals surface area (Å²) in [5.74, 6) is -8.22. The molecule has 0 saturated carbocycles. The third-order valence-electron chi connectivity index (χ3n) is 16.2. The number of carbonyl (C=O) groups excluding carboxylic acids is 8. The van der Waals surface area contributed by atoms with E-state index in [-0.39, 0.29) is 67.2 Å². The van der Waals surface area contributed by atoms with Gasteiger partial charge in [-0.1, -0.05) is 111 Å². The first kappa shape index (κ1) is 81.5. The van der Waals surface area contributed by atoms with Crippen molar-refractivity contribution in [3.8, 4) is 0 Å². The van der Waals surface area contributed by atoms with Crippen LogP contribution in [0.1, 0.15) is 133 Å². The van der Waals surface area contributed by atoms with E-state index < -0.39 is 114 Å². The second kappa shape index (κ2) is 38.6. The highest BCUT2D eigenvalue weighted by molar-refractivity contribution is 5.98. The summed E-state index contributed by atoms with van der Waals surface area (Å²) in [5, 5.41) is 33.6. The molecule has 524 valence electrons. The average molecular weight is 1320 g/mol. The van der Waals surface area contributed by atoms with Gasteiger partial charge in [-0.05, 0) is 107 Å². The van der Waals surface area contributed by atoms with Crippen molar-refractivity contribution >= 4 is 65.2 Å². The zero-order valence-corrected chi connectivity index (χ0v) is 56.8. The maximum Gasteiger partial charge on any atom is 0.490 e. The van der Waals surface area contributed by atoms with E-state index in [2.05, 4.69) is 31.9 Å². The number of likely N-dealkylation sites (tertiary alicyclic amines) is 1. The number of hydrogen-bond donors (Lipinski definition) is 9. The van der Waals surface area contributed by atoms with Crippen molar-refractivity contribution < 1.29 is 85.5 Å². The number of halogens is 3. The lowest BCUT2D eigenvalue weighted by Gasteiger charge is -2.41. The van der Waals surface area contributed by atoms with E-state index in [0.29, 0.717) is 50.9 Å². The summed E-state index contributed by atoms with van der Waals surface area (Å²) in [6.45, 7) is 22.9. The minimum Gasteiger partial charge on any atom is -0.480 e. The number of alkyl carbamates (subject to hydrolysis) is 1. The summed E-state index contributed by atoms with van der Waals surface area (Å²) in [4.78, 5) is 135. The minimum absolute atomic E-state index is 0.0823. The number of likely N-dealkylation sites (N-methyl/N-ethyl adjacent to an activating group) is 2. The fourth-order valence-corrected chi connectivity index (χ4v) is 11.1. The van der Waals surface area contributed by atoms with E-state index in [1.54, 1.807) is 94.8 Å². The molecule has 10 N–H and O–H groups in total. The lowest BCUT2D eigenvalue weighted by Crippen LogP contribution is -2.60. The molecule has 1 aliphatic heterocycles. The normalized spacial score (nSPS) is 16.6. The smallest absolute Gasteiger partial charge is 0.480 e. The molecule has 0 bridgehead atoms. The third-order valence-corrected chi connectivity index (χ3v) is 16.2. The Bertz CT molecular complexity index is 2750. The van der Waals surface area contributed by atoms with E-state index >= 15 is 0 Å². The maximum atomic E-state index is 14.8. The van der Waals surface area contributed by atoms with Gasteiger partial charge in [0.1, 0.15) is 29.8 Å². The Morgan fingerprint density at radius 3 is 1.81 bits per heavy atom. The number of aliphatic carboxylic acids is 2. The number of carbonyl (C=O) groups is 10. The number of benzene rings is 2. The van der Waals surface area contributed by atoms with Crippen LogP contribution >= 0.6 is 0 Å². The Hall–Kier alpha value is -7.59. The van der Waals surface area contributed by atoms with Crippen LogP contribution in [-0.4, -0.2) is 199 Å². The number of rotatable bonds is 34. The van der Waals surface area contributed by atoms with Crippen LogP contribution in [0.4, 0.5) is 28.4 Å². The topological polar surface area (TPSA) is 347 Å². The number of primary amides is 1. The van der Waals surface area contributed by atoms with Crippen LogP contribution < -0.4 is 37.6 Å². The number of nitrogens with two attached hydrogens (primary N) is 1. The molecule has 0 unspecified atom stereocenters. The fraction of sp³-hybridized carbons (Fsp3) is 0.662. The molecule has 2 aromatic carbocycles. The maximum absolute atomic E-state index is 14.8. The van der Waals surface area contributed by atoms with Crippen molar-refractivity contribution in [3.05, 3.63) is 65.7 Å². The van der Waals surface area contributed by atoms with E-state index in [4.69, 9.17) is 29.8 Å². The number of nitrogens with one attached hydrogen (secondary N) is 6. The molecule has 28 heteroatoms. The molecule has 0 aromatic heterocycles. The highest BCUT2D eigenvalue weighted by atomic mass is 19.4. The Labute approximate surface area is 545 Å². The van der Waals surface area contributed by atoms with Gasteiger partial charge >= 0.3 is 30.2 Å². The molecule has 1 fully saturated rings. The SMILES string of the molecule is CC[C@H](C)[C@@H]([C@@H](CC(=O)N1CCC[C@H]1[C@H](OC)[C@@H](C)C(=O)N[C@@H](Cc1ccccc1)C(=O)O)OC)N(C)C(=O)[C@@H](NC(=O)[C@H](C(C)C)N(C)CCc1ccc(NC(=O)[C@H](CCCNC(N)=O)NC(=O)[C@@H](NC(=O)OC(C)(C)C)C(C)C)cc1)C(C)C.O=C(O)C(F)(F)F. The summed E-state index contributed by atoms with van der Waals surface area (Å²) in [7, 11) is 6.53. The highest BCUT2D eigenvalue weighted by Gasteiger charge is 2.44. The molecule has 0 radical (unpaired) electrons. The lowest BCUT2D eigenvalue weighted by molar-refractivity contribution is -0.192. The molecule has 25 nitrogen and oxygen atoms in total. The van der Waals surface area contributed by atoms with Crippen molar-refractivity contribution in [2.45, 2.75) is 201 Å². The minimum atomic E-state index is -5.08. The number of ether oxygens (including phenoxy) is 3. The Balaban J connectivity index is 0.00000396. The zero-order valence-electron chi connectivity index (χ0n) is 56.8. The third kappa shape index (κ3) is 27.1. The lowest BCUT2D eigenvalue weighted by atomic mass is 9.89. The number of methoxy groups -OCH3 is 2. The molecule has 9 amide bonds. The summed E-state index contributed by atoms with van der Waals surface area (Å²) in [6.07, 6.45) is -4.51. The first-order chi connectivity index (χ1) is 43.3. The predicted octanol–water partition coefficient (Wildman–Crippen LogP) is 6.11. The zero-order chi connectivity index (χ0) is 70.8. The van der Waals surface area contributed by atoms with E-state index in [9.17, 15) is 61.4 Å². The van der Waals surface area contributed by atoms with Crippen molar-refractivity contribution in [1.29, 1.82) is 0 Å². The Morgan fingerprint density at radius 2 is 1.31 bits per heavy atom. The number of hydrogen-bond acceptors (Lipinski definition) is 14. The fourth-order valence-electron chi connectivity index (χ4n) is 11.1. The average Bonchev–Trinajstić information content (AvgIpc) is 1.81. The number of nitrogens with zero attached hydrogens (tertiary/aromatic N) is 3. The van der Waals surface area contributed by atoms with Gasteiger partial charge in [-0.25, -0.2) is 19.2 Å². The Morgan fingerprint density at radius 1 is 0.731 bits per heavy atom. The monoisotopic (exact) mass is 1320 g/mol.